The van der Waals surface area contributed by atoms with Gasteiger partial charge in [-0.2, -0.15) is 0 Å². The molecule has 208 valence electrons. The first-order valence-corrected chi connectivity index (χ1v) is 16.0. The highest BCUT2D eigenvalue weighted by molar-refractivity contribution is 5.92. The van der Waals surface area contributed by atoms with Crippen LogP contribution in [-0.4, -0.2) is 0 Å². The van der Waals surface area contributed by atoms with Crippen molar-refractivity contribution >= 4 is 21.5 Å². The molecule has 0 bridgehead atoms. The van der Waals surface area contributed by atoms with E-state index in [4.69, 9.17) is 4.74 Å². The first-order chi connectivity index (χ1) is 19.4. The molecule has 1 heteroatoms. The van der Waals surface area contributed by atoms with Crippen molar-refractivity contribution in [3.05, 3.63) is 84.4 Å². The molecule has 0 N–H and O–H groups in total. The second-order valence-corrected chi connectivity index (χ2v) is 11.4. The van der Waals surface area contributed by atoms with Crippen LogP contribution in [0.5, 0.6) is 11.5 Å². The third-order valence-corrected chi connectivity index (χ3v) is 8.22. The maximum absolute atomic E-state index is 6.72. The summed E-state index contributed by atoms with van der Waals surface area (Å²) in [5.74, 6) is 1.98. The van der Waals surface area contributed by atoms with E-state index in [0.29, 0.717) is 0 Å². The SMILES string of the molecule is CCCCCCCCCCCCCCCCCCc1ccc2ccccc2c1Oc1cccc2ccccc12. The average molecular weight is 523 g/mol. The molecule has 39 heavy (non-hydrogen) atoms. The van der Waals surface area contributed by atoms with Crippen molar-refractivity contribution in [2.24, 2.45) is 0 Å². The average Bonchev–Trinajstić information content (AvgIpc) is 2.98. The molecule has 0 saturated carbocycles. The fourth-order valence-corrected chi connectivity index (χ4v) is 5.86. The monoisotopic (exact) mass is 522 g/mol. The van der Waals surface area contributed by atoms with Gasteiger partial charge >= 0.3 is 0 Å². The molecule has 4 rings (SSSR count). The fourth-order valence-electron chi connectivity index (χ4n) is 5.86. The predicted octanol–water partition coefficient (Wildman–Crippen LogP) is 12.6. The highest BCUT2D eigenvalue weighted by Gasteiger charge is 2.12. The summed E-state index contributed by atoms with van der Waals surface area (Å²) in [6.45, 7) is 2.30. The van der Waals surface area contributed by atoms with Crippen LogP contribution in [0, 0.1) is 0 Å². The molecule has 0 aromatic heterocycles. The molecule has 0 radical (unpaired) electrons. The first kappa shape index (κ1) is 29.2. The molecule has 0 amide bonds. The first-order valence-electron chi connectivity index (χ1n) is 16.0. The zero-order valence-electron chi connectivity index (χ0n) is 24.4. The van der Waals surface area contributed by atoms with Crippen molar-refractivity contribution in [3.63, 3.8) is 0 Å². The largest absolute Gasteiger partial charge is 0.456 e. The molecule has 0 fully saturated rings. The van der Waals surface area contributed by atoms with Crippen LogP contribution in [-0.2, 0) is 6.42 Å². The van der Waals surface area contributed by atoms with Gasteiger partial charge in [-0.25, -0.2) is 0 Å². The Hall–Kier alpha value is -2.80. The topological polar surface area (TPSA) is 9.23 Å². The molecule has 4 aromatic carbocycles. The number of ether oxygens (including phenoxy) is 1. The smallest absolute Gasteiger partial charge is 0.138 e. The molecule has 1 nitrogen and oxygen atoms in total. The molecule has 0 aliphatic heterocycles. The van der Waals surface area contributed by atoms with E-state index < -0.39 is 0 Å². The van der Waals surface area contributed by atoms with Crippen LogP contribution in [0.3, 0.4) is 0 Å². The van der Waals surface area contributed by atoms with Crippen LogP contribution in [0.1, 0.15) is 115 Å². The Morgan fingerprint density at radius 2 is 0.923 bits per heavy atom. The fraction of sp³-hybridized carbons (Fsp3) is 0.474. The van der Waals surface area contributed by atoms with Gasteiger partial charge in [0.2, 0.25) is 0 Å². The van der Waals surface area contributed by atoms with E-state index in [2.05, 4.69) is 85.8 Å². The lowest BCUT2D eigenvalue weighted by Gasteiger charge is -2.16. The summed E-state index contributed by atoms with van der Waals surface area (Å²) in [5, 5.41) is 4.83. The predicted molar refractivity (Wildman–Crippen MR) is 171 cm³/mol. The molecule has 0 unspecified atom stereocenters. The zero-order valence-corrected chi connectivity index (χ0v) is 24.4. The van der Waals surface area contributed by atoms with Gasteiger partial charge in [-0.1, -0.05) is 176 Å². The van der Waals surface area contributed by atoms with Gasteiger partial charge in [0.1, 0.15) is 11.5 Å². The lowest BCUT2D eigenvalue weighted by atomic mass is 9.99. The van der Waals surface area contributed by atoms with Crippen LogP contribution in [0.2, 0.25) is 0 Å². The second-order valence-electron chi connectivity index (χ2n) is 11.4. The highest BCUT2D eigenvalue weighted by atomic mass is 16.5. The van der Waals surface area contributed by atoms with Crippen molar-refractivity contribution in [2.75, 3.05) is 0 Å². The van der Waals surface area contributed by atoms with Gasteiger partial charge < -0.3 is 4.74 Å². The minimum absolute atomic E-state index is 0.942. The summed E-state index contributed by atoms with van der Waals surface area (Å²) in [6.07, 6.45) is 23.5. The molecule has 4 aromatic rings. The molecule has 0 atom stereocenters. The van der Waals surface area contributed by atoms with Crippen LogP contribution < -0.4 is 4.74 Å². The summed E-state index contributed by atoms with van der Waals surface area (Å²) in [5.41, 5.74) is 1.33. The number of benzene rings is 4. The third kappa shape index (κ3) is 9.41. The lowest BCUT2D eigenvalue weighted by molar-refractivity contribution is 0.485. The van der Waals surface area contributed by atoms with Crippen molar-refractivity contribution in [2.45, 2.75) is 116 Å². The van der Waals surface area contributed by atoms with E-state index in [1.54, 1.807) is 0 Å². The zero-order chi connectivity index (χ0) is 27.0. The number of aryl methyl sites for hydroxylation is 1. The Morgan fingerprint density at radius 3 is 1.54 bits per heavy atom. The van der Waals surface area contributed by atoms with E-state index in [1.807, 2.05) is 0 Å². The number of rotatable bonds is 19. The van der Waals surface area contributed by atoms with E-state index in [1.165, 1.54) is 130 Å². The molecular formula is C38H50O. The quantitative estimate of drug-likeness (QED) is 0.111. The van der Waals surface area contributed by atoms with Gasteiger partial charge in [-0.15, -0.1) is 0 Å². The Balaban J connectivity index is 1.18. The van der Waals surface area contributed by atoms with E-state index in [0.717, 1.165) is 17.9 Å². The number of fused-ring (bicyclic) bond motifs is 2. The number of hydrogen-bond acceptors (Lipinski definition) is 1. The Labute approximate surface area is 238 Å². The minimum atomic E-state index is 0.942. The van der Waals surface area contributed by atoms with Crippen molar-refractivity contribution in [1.29, 1.82) is 0 Å². The maximum atomic E-state index is 6.72. The van der Waals surface area contributed by atoms with Crippen molar-refractivity contribution < 1.29 is 4.74 Å². The van der Waals surface area contributed by atoms with Crippen molar-refractivity contribution in [1.82, 2.24) is 0 Å². The highest BCUT2D eigenvalue weighted by Crippen LogP contribution is 2.37. The van der Waals surface area contributed by atoms with Crippen LogP contribution in [0.25, 0.3) is 21.5 Å². The van der Waals surface area contributed by atoms with Crippen molar-refractivity contribution in [3.8, 4) is 11.5 Å². The number of hydrogen-bond donors (Lipinski definition) is 0. The van der Waals surface area contributed by atoms with E-state index >= 15 is 0 Å². The third-order valence-electron chi connectivity index (χ3n) is 8.22. The van der Waals surface area contributed by atoms with Gasteiger partial charge in [0, 0.05) is 10.8 Å². The lowest BCUT2D eigenvalue weighted by Crippen LogP contribution is -1.95. The summed E-state index contributed by atoms with van der Waals surface area (Å²) >= 11 is 0. The van der Waals surface area contributed by atoms with Crippen LogP contribution in [0.15, 0.2) is 78.9 Å². The summed E-state index contributed by atoms with van der Waals surface area (Å²) in [7, 11) is 0. The van der Waals surface area contributed by atoms with Crippen LogP contribution in [0.4, 0.5) is 0 Å². The molecule has 0 heterocycles. The van der Waals surface area contributed by atoms with E-state index in [-0.39, 0.29) is 0 Å². The Morgan fingerprint density at radius 1 is 0.436 bits per heavy atom. The van der Waals surface area contributed by atoms with Crippen LogP contribution >= 0.6 is 0 Å². The Bertz CT molecular complexity index is 1230. The summed E-state index contributed by atoms with van der Waals surface area (Å²) in [6, 6.07) is 28.0. The molecule has 0 aliphatic carbocycles. The molecule has 0 spiro atoms. The summed E-state index contributed by atoms with van der Waals surface area (Å²) < 4.78 is 6.72. The molecular weight excluding hydrogens is 472 g/mol. The van der Waals surface area contributed by atoms with Gasteiger partial charge in [0.05, 0.1) is 0 Å². The minimum Gasteiger partial charge on any atom is -0.456 e. The summed E-state index contributed by atoms with van der Waals surface area (Å²) in [4.78, 5) is 0. The molecule has 0 aliphatic rings. The van der Waals surface area contributed by atoms with Gasteiger partial charge in [-0.3, -0.25) is 0 Å². The second kappa shape index (κ2) is 17.0. The van der Waals surface area contributed by atoms with Gasteiger partial charge in [0.15, 0.2) is 0 Å². The van der Waals surface area contributed by atoms with Gasteiger partial charge in [0.25, 0.3) is 0 Å². The number of unbranched alkanes of at least 4 members (excludes halogenated alkanes) is 15. The maximum Gasteiger partial charge on any atom is 0.138 e. The standard InChI is InChI=1S/C38H50O/c1-2-3-4-5-6-7-8-9-10-11-12-13-14-15-16-17-25-34-31-30-33-24-19-21-28-36(33)38(34)39-37-29-22-26-32-23-18-20-27-35(32)37/h18-24,26-31H,2-17,25H2,1H3. The molecule has 0 saturated heterocycles. The normalized spacial score (nSPS) is 11.4. The van der Waals surface area contributed by atoms with E-state index in [9.17, 15) is 0 Å². The Kier molecular flexibility index (Phi) is 12.7. The van der Waals surface area contributed by atoms with Gasteiger partial charge in [-0.05, 0) is 35.2 Å².